The first-order valence-electron chi connectivity index (χ1n) is 6.55. The molecule has 0 saturated heterocycles. The Morgan fingerprint density at radius 1 is 1.45 bits per heavy atom. The number of hydrogen-bond donors (Lipinski definition) is 1. The molecule has 0 saturated carbocycles. The van der Waals surface area contributed by atoms with Crippen molar-refractivity contribution in [1.82, 2.24) is 10.2 Å². The van der Waals surface area contributed by atoms with E-state index >= 15 is 0 Å². The van der Waals surface area contributed by atoms with E-state index in [1.54, 1.807) is 0 Å². The van der Waals surface area contributed by atoms with Crippen LogP contribution in [0.5, 0.6) is 5.75 Å². The monoisotopic (exact) mass is 386 g/mol. The molecule has 0 aliphatic rings. The summed E-state index contributed by atoms with van der Waals surface area (Å²) in [5, 5.41) is 16.4. The zero-order valence-electron chi connectivity index (χ0n) is 12.1. The van der Waals surface area contributed by atoms with Crippen LogP contribution in [0.1, 0.15) is 31.2 Å². The van der Waals surface area contributed by atoms with Gasteiger partial charge >= 0.3 is 5.97 Å². The number of carbonyl (C=O) groups is 1. The summed E-state index contributed by atoms with van der Waals surface area (Å²) in [6.07, 6.45) is 0. The molecule has 6 nitrogen and oxygen atoms in total. The van der Waals surface area contributed by atoms with Crippen LogP contribution in [0.3, 0.4) is 0 Å². The summed E-state index contributed by atoms with van der Waals surface area (Å²) >= 11 is 4.45. The van der Waals surface area contributed by atoms with Gasteiger partial charge in [0.25, 0.3) is 11.1 Å². The van der Waals surface area contributed by atoms with Crippen LogP contribution in [0.15, 0.2) is 32.3 Å². The van der Waals surface area contributed by atoms with Gasteiger partial charge < -0.3 is 14.3 Å². The number of halogens is 1. The average molecular weight is 387 g/mol. The van der Waals surface area contributed by atoms with Gasteiger partial charge in [-0.2, -0.15) is 0 Å². The van der Waals surface area contributed by atoms with E-state index in [-0.39, 0.29) is 17.6 Å². The number of carboxylic acid groups (broad SMARTS) is 1. The highest BCUT2D eigenvalue weighted by molar-refractivity contribution is 9.10. The van der Waals surface area contributed by atoms with E-state index in [0.717, 1.165) is 16.2 Å². The number of carboxylic acids is 1. The molecule has 8 heteroatoms. The lowest BCUT2D eigenvalue weighted by molar-refractivity contribution is -0.133. The molecule has 2 rings (SSSR count). The zero-order valence-corrected chi connectivity index (χ0v) is 14.5. The highest BCUT2D eigenvalue weighted by atomic mass is 79.9. The van der Waals surface area contributed by atoms with Crippen LogP contribution >= 0.6 is 27.7 Å². The van der Waals surface area contributed by atoms with Crippen molar-refractivity contribution in [3.05, 3.63) is 34.1 Å². The summed E-state index contributed by atoms with van der Waals surface area (Å²) in [6.45, 7) is 4.37. The minimum Gasteiger partial charge on any atom is -0.483 e. The van der Waals surface area contributed by atoms with E-state index in [0.29, 0.717) is 17.6 Å². The van der Waals surface area contributed by atoms with E-state index in [2.05, 4.69) is 40.0 Å². The van der Waals surface area contributed by atoms with Gasteiger partial charge in [0.1, 0.15) is 11.5 Å². The van der Waals surface area contributed by atoms with Crippen molar-refractivity contribution < 1.29 is 19.1 Å². The van der Waals surface area contributed by atoms with Gasteiger partial charge in [0.2, 0.25) is 0 Å². The fourth-order valence-corrected chi connectivity index (χ4v) is 2.62. The topological polar surface area (TPSA) is 85.5 Å². The molecule has 118 valence electrons. The van der Waals surface area contributed by atoms with E-state index < -0.39 is 5.97 Å². The largest absolute Gasteiger partial charge is 0.483 e. The van der Waals surface area contributed by atoms with Crippen LogP contribution in [0.25, 0.3) is 0 Å². The van der Waals surface area contributed by atoms with Crippen molar-refractivity contribution in [3.63, 3.8) is 0 Å². The van der Waals surface area contributed by atoms with Crippen molar-refractivity contribution in [2.24, 2.45) is 0 Å². The van der Waals surface area contributed by atoms with Gasteiger partial charge in [-0.1, -0.05) is 31.7 Å². The Morgan fingerprint density at radius 2 is 2.23 bits per heavy atom. The highest BCUT2D eigenvalue weighted by Crippen LogP contribution is 2.29. The second kappa shape index (κ2) is 7.64. The molecular formula is C14H15BrN2O4S. The molecule has 22 heavy (non-hydrogen) atoms. The normalized spacial score (nSPS) is 10.9. The summed E-state index contributed by atoms with van der Waals surface area (Å²) in [5.41, 5.74) is 1.21. The quantitative estimate of drug-likeness (QED) is 0.725. The smallest absolute Gasteiger partial charge is 0.314 e. The van der Waals surface area contributed by atoms with E-state index in [4.69, 9.17) is 14.3 Å². The number of nitrogens with zero attached hydrogens (tertiary/aromatic N) is 2. The molecule has 1 aromatic carbocycles. The molecule has 0 aliphatic heterocycles. The lowest BCUT2D eigenvalue weighted by Crippen LogP contribution is -1.97. The molecule has 0 spiro atoms. The Bertz CT molecular complexity index is 660. The molecule has 2 aromatic rings. The van der Waals surface area contributed by atoms with Crippen LogP contribution < -0.4 is 4.74 Å². The Labute approximate surface area is 140 Å². The number of benzene rings is 1. The Kier molecular flexibility index (Phi) is 5.84. The molecule has 0 unspecified atom stereocenters. The zero-order chi connectivity index (χ0) is 16.1. The first kappa shape index (κ1) is 16.8. The molecule has 0 bridgehead atoms. The second-order valence-electron chi connectivity index (χ2n) is 4.78. The standard InChI is InChI=1S/C14H15BrN2O4S/c1-8(2)9-3-4-11(10(15)5-9)20-6-12-16-17-14(21-12)22-7-13(18)19/h3-5,8H,6-7H2,1-2H3,(H,18,19). The molecule has 0 amide bonds. The van der Waals surface area contributed by atoms with Gasteiger partial charge in [0, 0.05) is 0 Å². The molecule has 0 fully saturated rings. The van der Waals surface area contributed by atoms with Gasteiger partial charge in [0.15, 0.2) is 6.61 Å². The predicted molar refractivity (Wildman–Crippen MR) is 85.2 cm³/mol. The summed E-state index contributed by atoms with van der Waals surface area (Å²) in [5.74, 6) is 0.366. The van der Waals surface area contributed by atoms with Crippen molar-refractivity contribution in [3.8, 4) is 5.75 Å². The van der Waals surface area contributed by atoms with Gasteiger partial charge in [0.05, 0.1) is 4.47 Å². The summed E-state index contributed by atoms with van der Waals surface area (Å²) in [6, 6.07) is 5.91. The third-order valence-corrected chi connectivity index (χ3v) is 4.16. The SMILES string of the molecule is CC(C)c1ccc(OCc2nnc(SCC(=O)O)o2)c(Br)c1. The van der Waals surface area contributed by atoms with E-state index in [1.807, 2.05) is 18.2 Å². The molecule has 0 atom stereocenters. The van der Waals surface area contributed by atoms with Crippen LogP contribution in [0, 0.1) is 0 Å². The van der Waals surface area contributed by atoms with Gasteiger partial charge in [-0.15, -0.1) is 10.2 Å². The maximum Gasteiger partial charge on any atom is 0.314 e. The lowest BCUT2D eigenvalue weighted by Gasteiger charge is -2.10. The second-order valence-corrected chi connectivity index (χ2v) is 6.56. The molecule has 1 aromatic heterocycles. The first-order valence-corrected chi connectivity index (χ1v) is 8.32. The highest BCUT2D eigenvalue weighted by Gasteiger charge is 2.11. The molecular weight excluding hydrogens is 372 g/mol. The maximum absolute atomic E-state index is 10.5. The van der Waals surface area contributed by atoms with Crippen molar-refractivity contribution >= 4 is 33.7 Å². The Hall–Kier alpha value is -1.54. The maximum atomic E-state index is 10.5. The minimum atomic E-state index is -0.935. The third kappa shape index (κ3) is 4.74. The van der Waals surface area contributed by atoms with Crippen molar-refractivity contribution in [2.75, 3.05) is 5.75 Å². The van der Waals surface area contributed by atoms with Crippen molar-refractivity contribution in [1.29, 1.82) is 0 Å². The van der Waals surface area contributed by atoms with Gasteiger partial charge in [-0.25, -0.2) is 0 Å². The van der Waals surface area contributed by atoms with E-state index in [9.17, 15) is 4.79 Å². The summed E-state index contributed by atoms with van der Waals surface area (Å²) in [7, 11) is 0. The number of aliphatic carboxylic acids is 1. The van der Waals surface area contributed by atoms with Crippen molar-refractivity contribution in [2.45, 2.75) is 31.6 Å². The fraction of sp³-hybridized carbons (Fsp3) is 0.357. The third-order valence-electron chi connectivity index (χ3n) is 2.74. The fourth-order valence-electron chi connectivity index (χ4n) is 1.61. The number of ether oxygens (including phenoxy) is 1. The molecule has 1 heterocycles. The van der Waals surface area contributed by atoms with Crippen LogP contribution in [-0.2, 0) is 11.4 Å². The number of hydrogen-bond acceptors (Lipinski definition) is 6. The Morgan fingerprint density at radius 3 is 2.86 bits per heavy atom. The van der Waals surface area contributed by atoms with E-state index in [1.165, 1.54) is 5.56 Å². The average Bonchev–Trinajstić information content (AvgIpc) is 2.91. The predicted octanol–water partition coefficient (Wildman–Crippen LogP) is 3.71. The van der Waals surface area contributed by atoms with Crippen LogP contribution in [0.4, 0.5) is 0 Å². The first-order chi connectivity index (χ1) is 10.5. The summed E-state index contributed by atoms with van der Waals surface area (Å²) in [4.78, 5) is 10.5. The Balaban J connectivity index is 1.94. The number of aromatic nitrogens is 2. The number of rotatable bonds is 7. The number of thioether (sulfide) groups is 1. The summed E-state index contributed by atoms with van der Waals surface area (Å²) < 4.78 is 11.8. The van der Waals surface area contributed by atoms with Gasteiger partial charge in [-0.05, 0) is 39.5 Å². The van der Waals surface area contributed by atoms with Crippen LogP contribution in [0.2, 0.25) is 0 Å². The molecule has 0 radical (unpaired) electrons. The molecule has 0 aliphatic carbocycles. The molecule has 1 N–H and O–H groups in total. The van der Waals surface area contributed by atoms with Crippen LogP contribution in [-0.4, -0.2) is 27.0 Å². The lowest BCUT2D eigenvalue weighted by atomic mass is 10.0. The minimum absolute atomic E-state index is 0.120. The van der Waals surface area contributed by atoms with Gasteiger partial charge in [-0.3, -0.25) is 4.79 Å².